The summed E-state index contributed by atoms with van der Waals surface area (Å²) < 4.78 is 1.07. The van der Waals surface area contributed by atoms with Gasteiger partial charge in [-0.15, -0.1) is 22.7 Å². The van der Waals surface area contributed by atoms with Crippen LogP contribution in [-0.2, 0) is 11.2 Å². The normalized spacial score (nSPS) is 10.7. The van der Waals surface area contributed by atoms with Gasteiger partial charge < -0.3 is 10.6 Å². The molecule has 0 saturated carbocycles. The number of aromatic nitrogens is 1. The van der Waals surface area contributed by atoms with Gasteiger partial charge in [0, 0.05) is 28.3 Å². The fourth-order valence-corrected chi connectivity index (χ4v) is 3.95. The van der Waals surface area contributed by atoms with Gasteiger partial charge in [-0.2, -0.15) is 0 Å². The van der Waals surface area contributed by atoms with E-state index in [2.05, 4.69) is 31.5 Å². The van der Waals surface area contributed by atoms with Gasteiger partial charge in [0.1, 0.15) is 5.01 Å². The monoisotopic (exact) mass is 373 g/mol. The van der Waals surface area contributed by atoms with Crippen LogP contribution in [0.4, 0.5) is 0 Å². The summed E-state index contributed by atoms with van der Waals surface area (Å²) in [6.45, 7) is 4.42. The Kier molecular flexibility index (Phi) is 6.15. The van der Waals surface area contributed by atoms with Crippen molar-refractivity contribution in [1.82, 2.24) is 15.6 Å². The van der Waals surface area contributed by atoms with E-state index in [0.717, 1.165) is 33.1 Å². The first kappa shape index (κ1) is 15.6. The summed E-state index contributed by atoms with van der Waals surface area (Å²) in [7, 11) is 0. The summed E-state index contributed by atoms with van der Waals surface area (Å²) in [5.74, 6) is 0.0205. The van der Waals surface area contributed by atoms with Crippen molar-refractivity contribution < 1.29 is 4.79 Å². The fraction of sp³-hybridized carbons (Fsp3) is 0.385. The Morgan fingerprint density at radius 1 is 1.35 bits per heavy atom. The Morgan fingerprint density at radius 2 is 2.20 bits per heavy atom. The highest BCUT2D eigenvalue weighted by Crippen LogP contribution is 2.31. The molecule has 2 aromatic rings. The molecule has 0 aliphatic rings. The van der Waals surface area contributed by atoms with E-state index in [0.29, 0.717) is 13.0 Å². The van der Waals surface area contributed by atoms with Crippen LogP contribution in [0.2, 0.25) is 0 Å². The third-order valence-electron chi connectivity index (χ3n) is 2.55. The third-order valence-corrected chi connectivity index (χ3v) is 5.30. The van der Waals surface area contributed by atoms with Gasteiger partial charge in [-0.1, -0.05) is 6.92 Å². The summed E-state index contributed by atoms with van der Waals surface area (Å²) in [6, 6.07) is 2.05. The van der Waals surface area contributed by atoms with Gasteiger partial charge in [0.25, 0.3) is 0 Å². The molecule has 2 rings (SSSR count). The smallest absolute Gasteiger partial charge is 0.226 e. The minimum Gasteiger partial charge on any atom is -0.354 e. The maximum absolute atomic E-state index is 11.7. The number of rotatable bonds is 7. The van der Waals surface area contributed by atoms with Crippen molar-refractivity contribution in [3.63, 3.8) is 0 Å². The summed E-state index contributed by atoms with van der Waals surface area (Å²) in [4.78, 5) is 17.4. The van der Waals surface area contributed by atoms with Crippen molar-refractivity contribution in [2.75, 3.05) is 19.6 Å². The molecule has 2 aromatic heterocycles. The average molecular weight is 374 g/mol. The van der Waals surface area contributed by atoms with Crippen LogP contribution in [0.3, 0.4) is 0 Å². The van der Waals surface area contributed by atoms with E-state index in [1.165, 1.54) is 0 Å². The molecule has 0 aliphatic carbocycles. The molecular weight excluding hydrogens is 358 g/mol. The van der Waals surface area contributed by atoms with E-state index in [1.54, 1.807) is 22.7 Å². The van der Waals surface area contributed by atoms with Gasteiger partial charge >= 0.3 is 0 Å². The molecule has 7 heteroatoms. The lowest BCUT2D eigenvalue weighted by atomic mass is 10.3. The van der Waals surface area contributed by atoms with Crippen LogP contribution in [-0.4, -0.2) is 30.5 Å². The second-order valence-corrected chi connectivity index (χ2v) is 6.84. The van der Waals surface area contributed by atoms with Gasteiger partial charge in [-0.3, -0.25) is 4.79 Å². The Hall–Kier alpha value is -0.760. The molecule has 0 spiro atoms. The standard InChI is InChI=1S/C13H16BrN3OS2/c1-2-15-3-4-16-12(18)6-10-8-20-13(17-10)11-5-9(14)7-19-11/h5,7-8,15H,2-4,6H2,1H3,(H,16,18). The van der Waals surface area contributed by atoms with Crippen molar-refractivity contribution in [2.45, 2.75) is 13.3 Å². The second-order valence-electron chi connectivity index (χ2n) is 4.15. The highest BCUT2D eigenvalue weighted by atomic mass is 79.9. The molecular formula is C13H16BrN3OS2. The highest BCUT2D eigenvalue weighted by Gasteiger charge is 2.10. The van der Waals surface area contributed by atoms with Crippen molar-refractivity contribution in [1.29, 1.82) is 0 Å². The van der Waals surface area contributed by atoms with E-state index in [9.17, 15) is 4.79 Å². The molecule has 2 heterocycles. The van der Waals surface area contributed by atoms with Crippen molar-refractivity contribution in [3.8, 4) is 9.88 Å². The van der Waals surface area contributed by atoms with E-state index < -0.39 is 0 Å². The Labute approximate surface area is 134 Å². The lowest BCUT2D eigenvalue weighted by Crippen LogP contribution is -2.32. The molecule has 0 saturated heterocycles. The first-order valence-electron chi connectivity index (χ1n) is 6.35. The Bertz CT molecular complexity index is 567. The number of hydrogen-bond donors (Lipinski definition) is 2. The number of thiazole rings is 1. The number of halogens is 1. The maximum atomic E-state index is 11.7. The highest BCUT2D eigenvalue weighted by molar-refractivity contribution is 9.10. The lowest BCUT2D eigenvalue weighted by molar-refractivity contribution is -0.120. The van der Waals surface area contributed by atoms with Crippen molar-refractivity contribution >= 4 is 44.5 Å². The number of carbonyl (C=O) groups excluding carboxylic acids is 1. The molecule has 20 heavy (non-hydrogen) atoms. The second kappa shape index (κ2) is 7.87. The number of hydrogen-bond acceptors (Lipinski definition) is 5. The van der Waals surface area contributed by atoms with Crippen LogP contribution in [0.5, 0.6) is 0 Å². The zero-order chi connectivity index (χ0) is 14.4. The zero-order valence-electron chi connectivity index (χ0n) is 11.1. The first-order chi connectivity index (χ1) is 9.69. The minimum absolute atomic E-state index is 0.0205. The maximum Gasteiger partial charge on any atom is 0.226 e. The number of thiophene rings is 1. The van der Waals surface area contributed by atoms with Crippen LogP contribution >= 0.6 is 38.6 Å². The van der Waals surface area contributed by atoms with Crippen LogP contribution in [0.15, 0.2) is 21.3 Å². The van der Waals surface area contributed by atoms with Gasteiger partial charge in [0.2, 0.25) is 5.91 Å². The molecule has 4 nitrogen and oxygen atoms in total. The molecule has 0 unspecified atom stereocenters. The van der Waals surface area contributed by atoms with Crippen LogP contribution in [0.25, 0.3) is 9.88 Å². The average Bonchev–Trinajstić information content (AvgIpc) is 3.04. The zero-order valence-corrected chi connectivity index (χ0v) is 14.3. The van der Waals surface area contributed by atoms with E-state index in [4.69, 9.17) is 0 Å². The van der Waals surface area contributed by atoms with Crippen LogP contribution < -0.4 is 10.6 Å². The molecule has 2 N–H and O–H groups in total. The summed E-state index contributed by atoms with van der Waals surface area (Å²) in [5.41, 5.74) is 0.829. The number of nitrogens with one attached hydrogen (secondary N) is 2. The lowest BCUT2D eigenvalue weighted by Gasteiger charge is -2.03. The van der Waals surface area contributed by atoms with Crippen LogP contribution in [0.1, 0.15) is 12.6 Å². The summed E-state index contributed by atoms with van der Waals surface area (Å²) >= 11 is 6.66. The minimum atomic E-state index is 0.0205. The van der Waals surface area contributed by atoms with Crippen molar-refractivity contribution in [2.24, 2.45) is 0 Å². The largest absolute Gasteiger partial charge is 0.354 e. The van der Waals surface area contributed by atoms with E-state index in [-0.39, 0.29) is 5.91 Å². The third kappa shape index (κ3) is 4.66. The van der Waals surface area contributed by atoms with Gasteiger partial charge in [0.15, 0.2) is 0 Å². The topological polar surface area (TPSA) is 54.0 Å². The number of carbonyl (C=O) groups is 1. The predicted octanol–water partition coefficient (Wildman–Crippen LogP) is 2.90. The van der Waals surface area contributed by atoms with Gasteiger partial charge in [-0.05, 0) is 28.5 Å². The quantitative estimate of drug-likeness (QED) is 0.733. The fourth-order valence-electron chi connectivity index (χ4n) is 1.62. The molecule has 0 fully saturated rings. The molecule has 0 radical (unpaired) electrons. The number of nitrogens with zero attached hydrogens (tertiary/aromatic N) is 1. The number of amides is 1. The summed E-state index contributed by atoms with van der Waals surface area (Å²) in [6.07, 6.45) is 0.342. The SMILES string of the molecule is CCNCCNC(=O)Cc1csc(-c2cc(Br)cs2)n1. The molecule has 0 aromatic carbocycles. The van der Waals surface area contributed by atoms with Gasteiger partial charge in [0.05, 0.1) is 17.0 Å². The van der Waals surface area contributed by atoms with E-state index >= 15 is 0 Å². The summed E-state index contributed by atoms with van der Waals surface area (Å²) in [5, 5.41) is 11.0. The van der Waals surface area contributed by atoms with Crippen LogP contribution in [0, 0.1) is 0 Å². The van der Waals surface area contributed by atoms with Gasteiger partial charge in [-0.25, -0.2) is 4.98 Å². The molecule has 0 atom stereocenters. The first-order valence-corrected chi connectivity index (χ1v) is 8.90. The molecule has 0 bridgehead atoms. The molecule has 1 amide bonds. The predicted molar refractivity (Wildman–Crippen MR) is 88.4 cm³/mol. The Balaban J connectivity index is 1.85. The van der Waals surface area contributed by atoms with E-state index in [1.807, 2.05) is 23.8 Å². The number of likely N-dealkylation sites (N-methyl/N-ethyl adjacent to an activating group) is 1. The van der Waals surface area contributed by atoms with Crippen molar-refractivity contribution in [3.05, 3.63) is 27.0 Å². The molecule has 0 aliphatic heterocycles. The Morgan fingerprint density at radius 3 is 2.90 bits per heavy atom. The molecule has 108 valence electrons.